The molecule has 5 heteroatoms. The molecule has 2 aromatic heterocycles. The predicted octanol–water partition coefficient (Wildman–Crippen LogP) is 3.37. The van der Waals surface area contributed by atoms with Crippen LogP contribution < -0.4 is 0 Å². The summed E-state index contributed by atoms with van der Waals surface area (Å²) >= 11 is 5.75. The molecule has 0 atom stereocenters. The third-order valence-electron chi connectivity index (χ3n) is 3.24. The molecule has 1 aromatic carbocycles. The van der Waals surface area contributed by atoms with Gasteiger partial charge in [0.25, 0.3) is 0 Å². The Morgan fingerprint density at radius 3 is 2.85 bits per heavy atom. The lowest BCUT2D eigenvalue weighted by Crippen LogP contribution is -2.01. The Bertz CT molecular complexity index is 770. The SMILES string of the molecule is OCc1cn(Cc2ccc(Cl)cc2F)c2ncccc12. The Morgan fingerprint density at radius 2 is 2.10 bits per heavy atom. The molecule has 0 aliphatic rings. The number of halogens is 2. The first-order valence-corrected chi connectivity index (χ1v) is 6.54. The van der Waals surface area contributed by atoms with Crippen LogP contribution >= 0.6 is 11.6 Å². The molecule has 3 rings (SSSR count). The van der Waals surface area contributed by atoms with Gasteiger partial charge in [0, 0.05) is 33.9 Å². The summed E-state index contributed by atoms with van der Waals surface area (Å²) in [6, 6.07) is 8.32. The first-order chi connectivity index (χ1) is 9.69. The summed E-state index contributed by atoms with van der Waals surface area (Å²) in [6.45, 7) is 0.273. The molecule has 0 fully saturated rings. The summed E-state index contributed by atoms with van der Waals surface area (Å²) in [4.78, 5) is 4.30. The molecule has 0 saturated carbocycles. The van der Waals surface area contributed by atoms with Gasteiger partial charge in [-0.2, -0.15) is 0 Å². The summed E-state index contributed by atoms with van der Waals surface area (Å²) in [7, 11) is 0. The highest BCUT2D eigenvalue weighted by atomic mass is 35.5. The van der Waals surface area contributed by atoms with Crippen molar-refractivity contribution >= 4 is 22.6 Å². The van der Waals surface area contributed by atoms with Crippen LogP contribution in [-0.4, -0.2) is 14.7 Å². The average Bonchev–Trinajstić information content (AvgIpc) is 2.80. The van der Waals surface area contributed by atoms with Gasteiger partial charge < -0.3 is 9.67 Å². The molecule has 0 spiro atoms. The monoisotopic (exact) mass is 290 g/mol. The molecule has 0 aliphatic carbocycles. The number of pyridine rings is 1. The molecule has 102 valence electrons. The van der Waals surface area contributed by atoms with E-state index in [1.54, 1.807) is 24.5 Å². The first-order valence-electron chi connectivity index (χ1n) is 6.16. The zero-order chi connectivity index (χ0) is 14.1. The van der Waals surface area contributed by atoms with Crippen LogP contribution in [0.3, 0.4) is 0 Å². The van der Waals surface area contributed by atoms with Crippen molar-refractivity contribution in [3.63, 3.8) is 0 Å². The number of aliphatic hydroxyl groups excluding tert-OH is 1. The molecule has 0 unspecified atom stereocenters. The Morgan fingerprint density at radius 1 is 1.25 bits per heavy atom. The van der Waals surface area contributed by atoms with Gasteiger partial charge in [0.15, 0.2) is 0 Å². The molecule has 2 heterocycles. The zero-order valence-corrected chi connectivity index (χ0v) is 11.3. The molecule has 0 bridgehead atoms. The Labute approximate surface area is 120 Å². The highest BCUT2D eigenvalue weighted by Gasteiger charge is 2.10. The molecule has 0 radical (unpaired) electrons. The van der Waals surface area contributed by atoms with Crippen molar-refractivity contribution in [1.29, 1.82) is 0 Å². The van der Waals surface area contributed by atoms with Crippen molar-refractivity contribution in [2.75, 3.05) is 0 Å². The standard InChI is InChI=1S/C15H12ClFN2O/c16-12-4-3-10(14(17)6-12)7-19-8-11(9-20)13-2-1-5-18-15(13)19/h1-6,8,20H,7,9H2. The van der Waals surface area contributed by atoms with Gasteiger partial charge in [0.1, 0.15) is 11.5 Å². The first kappa shape index (κ1) is 13.1. The Balaban J connectivity index is 2.06. The van der Waals surface area contributed by atoms with Crippen LogP contribution in [0.2, 0.25) is 5.02 Å². The minimum absolute atomic E-state index is 0.0711. The second kappa shape index (κ2) is 5.23. The minimum Gasteiger partial charge on any atom is -0.392 e. The van der Waals surface area contributed by atoms with Crippen molar-refractivity contribution in [2.24, 2.45) is 0 Å². The van der Waals surface area contributed by atoms with Crippen LogP contribution in [0.15, 0.2) is 42.7 Å². The highest BCUT2D eigenvalue weighted by Crippen LogP contribution is 2.22. The Hall–Kier alpha value is -1.91. The molecule has 1 N–H and O–H groups in total. The molecule has 3 nitrogen and oxygen atoms in total. The lowest BCUT2D eigenvalue weighted by molar-refractivity contribution is 0.283. The highest BCUT2D eigenvalue weighted by molar-refractivity contribution is 6.30. The van der Waals surface area contributed by atoms with Crippen LogP contribution in [0.25, 0.3) is 11.0 Å². The topological polar surface area (TPSA) is 38.0 Å². The smallest absolute Gasteiger partial charge is 0.140 e. The van der Waals surface area contributed by atoms with E-state index in [1.165, 1.54) is 6.07 Å². The van der Waals surface area contributed by atoms with Crippen molar-refractivity contribution in [3.8, 4) is 0 Å². The van der Waals surface area contributed by atoms with Gasteiger partial charge in [0.05, 0.1) is 13.2 Å². The largest absolute Gasteiger partial charge is 0.392 e. The fourth-order valence-corrected chi connectivity index (χ4v) is 2.43. The van der Waals surface area contributed by atoms with E-state index in [0.717, 1.165) is 16.6 Å². The van der Waals surface area contributed by atoms with E-state index < -0.39 is 0 Å². The van der Waals surface area contributed by atoms with Crippen LogP contribution in [0, 0.1) is 5.82 Å². The maximum atomic E-state index is 13.9. The minimum atomic E-state index is -0.346. The van der Waals surface area contributed by atoms with Crippen molar-refractivity contribution in [1.82, 2.24) is 9.55 Å². The summed E-state index contributed by atoms with van der Waals surface area (Å²) in [5.41, 5.74) is 2.04. The predicted molar refractivity (Wildman–Crippen MR) is 76.2 cm³/mol. The van der Waals surface area contributed by atoms with Gasteiger partial charge in [-0.3, -0.25) is 0 Å². The lowest BCUT2D eigenvalue weighted by atomic mass is 10.2. The van der Waals surface area contributed by atoms with Crippen LogP contribution in [-0.2, 0) is 13.2 Å². The molecule has 20 heavy (non-hydrogen) atoms. The normalized spacial score (nSPS) is 11.2. The molecule has 0 amide bonds. The van der Waals surface area contributed by atoms with Crippen LogP contribution in [0.1, 0.15) is 11.1 Å². The number of fused-ring (bicyclic) bond motifs is 1. The summed E-state index contributed by atoms with van der Waals surface area (Å²) in [5, 5.41) is 10.6. The van der Waals surface area contributed by atoms with Crippen LogP contribution in [0.5, 0.6) is 0 Å². The number of aromatic nitrogens is 2. The number of nitrogens with zero attached hydrogens (tertiary/aromatic N) is 2. The summed E-state index contributed by atoms with van der Waals surface area (Å²) in [6.07, 6.45) is 3.48. The third kappa shape index (κ3) is 2.28. The van der Waals surface area contributed by atoms with E-state index in [1.807, 2.05) is 16.7 Å². The lowest BCUT2D eigenvalue weighted by Gasteiger charge is -2.06. The third-order valence-corrected chi connectivity index (χ3v) is 3.48. The number of rotatable bonds is 3. The van der Waals surface area contributed by atoms with E-state index >= 15 is 0 Å². The van der Waals surface area contributed by atoms with Crippen molar-refractivity contribution in [2.45, 2.75) is 13.2 Å². The number of benzene rings is 1. The second-order valence-electron chi connectivity index (χ2n) is 4.55. The van der Waals surface area contributed by atoms with Gasteiger partial charge in [-0.1, -0.05) is 17.7 Å². The van der Waals surface area contributed by atoms with Gasteiger partial charge in [-0.15, -0.1) is 0 Å². The van der Waals surface area contributed by atoms with Gasteiger partial charge in [-0.25, -0.2) is 9.37 Å². The number of hydrogen-bond acceptors (Lipinski definition) is 2. The van der Waals surface area contributed by atoms with E-state index in [0.29, 0.717) is 17.1 Å². The molecule has 3 aromatic rings. The summed E-state index contributed by atoms with van der Waals surface area (Å²) in [5.74, 6) is -0.346. The van der Waals surface area contributed by atoms with E-state index in [4.69, 9.17) is 11.6 Å². The maximum absolute atomic E-state index is 13.9. The molecule has 0 saturated heterocycles. The fourth-order valence-electron chi connectivity index (χ4n) is 2.28. The van der Waals surface area contributed by atoms with Gasteiger partial charge >= 0.3 is 0 Å². The molecular weight excluding hydrogens is 279 g/mol. The van der Waals surface area contributed by atoms with Crippen LogP contribution in [0.4, 0.5) is 4.39 Å². The maximum Gasteiger partial charge on any atom is 0.140 e. The van der Waals surface area contributed by atoms with Gasteiger partial charge in [0.2, 0.25) is 0 Å². The fraction of sp³-hybridized carbons (Fsp3) is 0.133. The second-order valence-corrected chi connectivity index (χ2v) is 4.99. The quantitative estimate of drug-likeness (QED) is 0.803. The number of aliphatic hydroxyl groups is 1. The van der Waals surface area contributed by atoms with Crippen molar-refractivity contribution < 1.29 is 9.50 Å². The zero-order valence-electron chi connectivity index (χ0n) is 10.6. The molecular formula is C15H12ClFN2O. The average molecular weight is 291 g/mol. The number of hydrogen-bond donors (Lipinski definition) is 1. The van der Waals surface area contributed by atoms with E-state index in [2.05, 4.69) is 4.98 Å². The summed E-state index contributed by atoms with van der Waals surface area (Å²) < 4.78 is 15.7. The van der Waals surface area contributed by atoms with Gasteiger partial charge in [-0.05, 0) is 24.3 Å². The van der Waals surface area contributed by atoms with E-state index in [-0.39, 0.29) is 12.4 Å². The Kier molecular flexibility index (Phi) is 3.42. The molecule has 0 aliphatic heterocycles. The van der Waals surface area contributed by atoms with E-state index in [9.17, 15) is 9.50 Å². The van der Waals surface area contributed by atoms with Crippen molar-refractivity contribution in [3.05, 3.63) is 64.7 Å².